The van der Waals surface area contributed by atoms with Crippen molar-refractivity contribution < 1.29 is 18.4 Å². The van der Waals surface area contributed by atoms with Gasteiger partial charge in [0, 0.05) is 5.56 Å². The summed E-state index contributed by atoms with van der Waals surface area (Å²) < 4.78 is 31.2. The van der Waals surface area contributed by atoms with Crippen molar-refractivity contribution in [2.24, 2.45) is 5.90 Å². The topological polar surface area (TPSA) is 44.5 Å². The van der Waals surface area contributed by atoms with Gasteiger partial charge in [0.05, 0.1) is 13.7 Å². The molecule has 3 nitrogen and oxygen atoms in total. The Bertz CT molecular complexity index is 342. The highest BCUT2D eigenvalue weighted by Gasteiger charge is 2.14. The summed E-state index contributed by atoms with van der Waals surface area (Å²) in [6.07, 6.45) is -1.25. The van der Waals surface area contributed by atoms with Crippen LogP contribution < -0.4 is 10.6 Å². The number of rotatable bonds is 4. The molecule has 0 aromatic heterocycles. The molecule has 1 aromatic rings. The molecule has 0 saturated heterocycles. The van der Waals surface area contributed by atoms with Gasteiger partial charge in [-0.25, -0.2) is 14.7 Å². The average molecular weight is 217 g/mol. The minimum absolute atomic E-state index is 0.0271. The van der Waals surface area contributed by atoms with Crippen LogP contribution in [0.5, 0.6) is 5.75 Å². The van der Waals surface area contributed by atoms with Crippen molar-refractivity contribution in [3.63, 3.8) is 0 Å². The molecule has 0 saturated carbocycles. The van der Waals surface area contributed by atoms with Crippen molar-refractivity contribution in [2.45, 2.75) is 19.7 Å². The van der Waals surface area contributed by atoms with Gasteiger partial charge in [0.2, 0.25) is 0 Å². The van der Waals surface area contributed by atoms with Gasteiger partial charge < -0.3 is 4.74 Å². The first kappa shape index (κ1) is 11.9. The maximum absolute atomic E-state index is 13.4. The predicted molar refractivity (Wildman–Crippen MR) is 51.5 cm³/mol. The molecule has 0 aliphatic heterocycles. The Morgan fingerprint density at radius 1 is 1.47 bits per heavy atom. The molecule has 0 heterocycles. The highest BCUT2D eigenvalue weighted by atomic mass is 19.1. The SMILES string of the molecule is COc1c(F)cc(C(C)F)cc1CON. The molecule has 1 atom stereocenters. The number of methoxy groups -OCH3 is 1. The number of halogens is 2. The Morgan fingerprint density at radius 2 is 2.13 bits per heavy atom. The largest absolute Gasteiger partial charge is 0.493 e. The monoisotopic (exact) mass is 217 g/mol. The smallest absolute Gasteiger partial charge is 0.165 e. The minimum Gasteiger partial charge on any atom is -0.493 e. The Labute approximate surface area is 86.7 Å². The maximum Gasteiger partial charge on any atom is 0.165 e. The lowest BCUT2D eigenvalue weighted by Crippen LogP contribution is -2.04. The second-order valence-electron chi connectivity index (χ2n) is 3.12. The van der Waals surface area contributed by atoms with Gasteiger partial charge in [-0.3, -0.25) is 4.84 Å². The van der Waals surface area contributed by atoms with Gasteiger partial charge in [-0.2, -0.15) is 0 Å². The van der Waals surface area contributed by atoms with E-state index in [1.165, 1.54) is 20.1 Å². The van der Waals surface area contributed by atoms with Crippen molar-refractivity contribution in [3.05, 3.63) is 29.1 Å². The molecule has 1 aromatic carbocycles. The van der Waals surface area contributed by atoms with Gasteiger partial charge in [0.25, 0.3) is 0 Å². The molecule has 84 valence electrons. The third-order valence-electron chi connectivity index (χ3n) is 2.05. The fourth-order valence-corrected chi connectivity index (χ4v) is 1.33. The number of hydrogen-bond donors (Lipinski definition) is 1. The molecule has 0 amide bonds. The summed E-state index contributed by atoms with van der Waals surface area (Å²) in [5.74, 6) is 4.30. The molecular weight excluding hydrogens is 204 g/mol. The number of hydrogen-bond acceptors (Lipinski definition) is 3. The summed E-state index contributed by atoms with van der Waals surface area (Å²) in [5, 5.41) is 0. The molecule has 0 aliphatic rings. The van der Waals surface area contributed by atoms with Crippen LogP contribution in [-0.2, 0) is 11.4 Å². The summed E-state index contributed by atoms with van der Waals surface area (Å²) in [6.45, 7) is 1.30. The molecule has 0 bridgehead atoms. The van der Waals surface area contributed by atoms with Crippen LogP contribution in [0.3, 0.4) is 0 Å². The number of alkyl halides is 1. The summed E-state index contributed by atoms with van der Waals surface area (Å²) in [7, 11) is 1.33. The molecule has 0 aliphatic carbocycles. The summed E-state index contributed by atoms with van der Waals surface area (Å²) >= 11 is 0. The number of nitrogens with two attached hydrogens (primary N) is 1. The van der Waals surface area contributed by atoms with Crippen molar-refractivity contribution in [1.29, 1.82) is 0 Å². The molecule has 0 fully saturated rings. The van der Waals surface area contributed by atoms with Crippen LogP contribution in [0, 0.1) is 5.82 Å². The summed E-state index contributed by atoms with van der Waals surface area (Å²) in [4.78, 5) is 4.39. The highest BCUT2D eigenvalue weighted by molar-refractivity contribution is 5.39. The van der Waals surface area contributed by atoms with Crippen molar-refractivity contribution in [2.75, 3.05) is 7.11 Å². The van der Waals surface area contributed by atoms with Crippen LogP contribution in [0.1, 0.15) is 24.2 Å². The quantitative estimate of drug-likeness (QED) is 0.787. The van der Waals surface area contributed by atoms with E-state index in [2.05, 4.69) is 4.84 Å². The zero-order valence-electron chi connectivity index (χ0n) is 8.59. The molecule has 2 N–H and O–H groups in total. The Hall–Kier alpha value is -1.20. The third kappa shape index (κ3) is 2.64. The van der Waals surface area contributed by atoms with Gasteiger partial charge in [0.1, 0.15) is 6.17 Å². The van der Waals surface area contributed by atoms with Crippen LogP contribution >= 0.6 is 0 Å². The van der Waals surface area contributed by atoms with E-state index in [9.17, 15) is 8.78 Å². The van der Waals surface area contributed by atoms with Crippen molar-refractivity contribution >= 4 is 0 Å². The molecule has 0 spiro atoms. The van der Waals surface area contributed by atoms with E-state index in [0.29, 0.717) is 5.56 Å². The van der Waals surface area contributed by atoms with Crippen LogP contribution in [0.25, 0.3) is 0 Å². The van der Waals surface area contributed by atoms with E-state index in [1.54, 1.807) is 0 Å². The second-order valence-corrected chi connectivity index (χ2v) is 3.12. The molecule has 15 heavy (non-hydrogen) atoms. The fraction of sp³-hybridized carbons (Fsp3) is 0.400. The Kier molecular flexibility index (Phi) is 3.99. The summed E-state index contributed by atoms with van der Waals surface area (Å²) in [6, 6.07) is 2.57. The van der Waals surface area contributed by atoms with Gasteiger partial charge in [-0.05, 0) is 24.6 Å². The first-order chi connectivity index (χ1) is 7.10. The van der Waals surface area contributed by atoms with Crippen LogP contribution in [0.4, 0.5) is 8.78 Å². The van der Waals surface area contributed by atoms with Crippen molar-refractivity contribution in [1.82, 2.24) is 0 Å². The van der Waals surface area contributed by atoms with E-state index in [1.807, 2.05) is 0 Å². The fourth-order valence-electron chi connectivity index (χ4n) is 1.33. The third-order valence-corrected chi connectivity index (χ3v) is 2.05. The number of ether oxygens (including phenoxy) is 1. The van der Waals surface area contributed by atoms with E-state index in [0.717, 1.165) is 6.07 Å². The van der Waals surface area contributed by atoms with E-state index < -0.39 is 12.0 Å². The predicted octanol–water partition coefficient (Wildman–Crippen LogP) is 2.26. The molecule has 0 radical (unpaired) electrons. The molecule has 1 rings (SSSR count). The van der Waals surface area contributed by atoms with Crippen LogP contribution in [0.15, 0.2) is 12.1 Å². The molecular formula is C10H13F2NO2. The lowest BCUT2D eigenvalue weighted by molar-refractivity contribution is 0.121. The van der Waals surface area contributed by atoms with Gasteiger partial charge in [0.15, 0.2) is 11.6 Å². The Balaban J connectivity index is 3.19. The lowest BCUT2D eigenvalue weighted by Gasteiger charge is -2.11. The standard InChI is InChI=1S/C10H13F2NO2/c1-6(11)7-3-8(5-15-13)10(14-2)9(12)4-7/h3-4,6H,5,13H2,1-2H3. The van der Waals surface area contributed by atoms with Crippen molar-refractivity contribution in [3.8, 4) is 5.75 Å². The van der Waals surface area contributed by atoms with Gasteiger partial charge >= 0.3 is 0 Å². The van der Waals surface area contributed by atoms with Gasteiger partial charge in [-0.15, -0.1) is 0 Å². The van der Waals surface area contributed by atoms with E-state index >= 15 is 0 Å². The zero-order chi connectivity index (χ0) is 11.4. The van der Waals surface area contributed by atoms with E-state index in [4.69, 9.17) is 10.6 Å². The average Bonchev–Trinajstić information content (AvgIpc) is 2.17. The van der Waals surface area contributed by atoms with Gasteiger partial charge in [-0.1, -0.05) is 0 Å². The van der Waals surface area contributed by atoms with Crippen LogP contribution in [-0.4, -0.2) is 7.11 Å². The highest BCUT2D eigenvalue weighted by Crippen LogP contribution is 2.28. The molecule has 5 heteroatoms. The normalized spacial score (nSPS) is 12.6. The first-order valence-electron chi connectivity index (χ1n) is 4.42. The second kappa shape index (κ2) is 5.04. The van der Waals surface area contributed by atoms with E-state index in [-0.39, 0.29) is 17.9 Å². The lowest BCUT2D eigenvalue weighted by atomic mass is 10.1. The zero-order valence-corrected chi connectivity index (χ0v) is 8.59. The number of benzene rings is 1. The Morgan fingerprint density at radius 3 is 2.60 bits per heavy atom. The van der Waals surface area contributed by atoms with Crippen LogP contribution in [0.2, 0.25) is 0 Å². The summed E-state index contributed by atoms with van der Waals surface area (Å²) in [5.41, 5.74) is 0.625. The molecule has 1 unspecified atom stereocenters. The first-order valence-corrected chi connectivity index (χ1v) is 4.42. The minimum atomic E-state index is -1.25. The maximum atomic E-state index is 13.4.